The number of ether oxygens (including phenoxy) is 1. The third-order valence-corrected chi connectivity index (χ3v) is 7.91. The SMILES string of the molecule is CCCN(CCC)S(=O)(=O)c1ccc(C(=O)N=c2sc3cc(OC)ccc3n2C)cc1. The molecular formula is C22H27N3O4S2. The van der Waals surface area contributed by atoms with Crippen molar-refractivity contribution in [2.75, 3.05) is 20.2 Å². The molecule has 0 aliphatic carbocycles. The smallest absolute Gasteiger partial charge is 0.279 e. The van der Waals surface area contributed by atoms with E-state index >= 15 is 0 Å². The number of rotatable bonds is 8. The van der Waals surface area contributed by atoms with Crippen LogP contribution in [0.15, 0.2) is 52.4 Å². The topological polar surface area (TPSA) is 81.0 Å². The number of thiazole rings is 1. The maximum atomic E-state index is 12.9. The van der Waals surface area contributed by atoms with Gasteiger partial charge in [-0.1, -0.05) is 25.2 Å². The molecule has 0 radical (unpaired) electrons. The van der Waals surface area contributed by atoms with E-state index in [4.69, 9.17) is 4.74 Å². The number of benzene rings is 2. The fraction of sp³-hybridized carbons (Fsp3) is 0.364. The first-order valence-corrected chi connectivity index (χ1v) is 12.4. The van der Waals surface area contributed by atoms with Crippen molar-refractivity contribution in [1.29, 1.82) is 0 Å². The summed E-state index contributed by atoms with van der Waals surface area (Å²) in [5.41, 5.74) is 1.29. The number of carbonyl (C=O) groups excluding carboxylic acids is 1. The van der Waals surface area contributed by atoms with Crippen LogP contribution < -0.4 is 9.54 Å². The van der Waals surface area contributed by atoms with Gasteiger partial charge in [-0.05, 0) is 55.3 Å². The lowest BCUT2D eigenvalue weighted by Crippen LogP contribution is -2.32. The van der Waals surface area contributed by atoms with E-state index in [2.05, 4.69) is 4.99 Å². The Morgan fingerprint density at radius 1 is 1.10 bits per heavy atom. The summed E-state index contributed by atoms with van der Waals surface area (Å²) in [6, 6.07) is 11.7. The van der Waals surface area contributed by atoms with Crippen molar-refractivity contribution >= 4 is 37.5 Å². The van der Waals surface area contributed by atoms with Gasteiger partial charge in [0, 0.05) is 25.7 Å². The first-order valence-electron chi connectivity index (χ1n) is 10.1. The summed E-state index contributed by atoms with van der Waals surface area (Å²) < 4.78 is 35.3. The van der Waals surface area contributed by atoms with E-state index < -0.39 is 15.9 Å². The molecule has 0 aliphatic heterocycles. The van der Waals surface area contributed by atoms with Crippen LogP contribution in [0.5, 0.6) is 5.75 Å². The van der Waals surface area contributed by atoms with Crippen molar-refractivity contribution in [3.05, 3.63) is 52.8 Å². The van der Waals surface area contributed by atoms with Gasteiger partial charge < -0.3 is 9.30 Å². The zero-order valence-corrected chi connectivity index (χ0v) is 19.8. The van der Waals surface area contributed by atoms with Crippen LogP contribution in [-0.2, 0) is 17.1 Å². The van der Waals surface area contributed by atoms with E-state index in [0.29, 0.717) is 23.5 Å². The van der Waals surface area contributed by atoms with Gasteiger partial charge in [0.25, 0.3) is 5.91 Å². The maximum absolute atomic E-state index is 12.9. The summed E-state index contributed by atoms with van der Waals surface area (Å²) in [5.74, 6) is 0.321. The first-order chi connectivity index (χ1) is 14.8. The van der Waals surface area contributed by atoms with Crippen molar-refractivity contribution in [2.24, 2.45) is 12.0 Å². The van der Waals surface area contributed by atoms with Gasteiger partial charge in [0.15, 0.2) is 4.80 Å². The largest absolute Gasteiger partial charge is 0.497 e. The highest BCUT2D eigenvalue weighted by Crippen LogP contribution is 2.23. The molecule has 0 N–H and O–H groups in total. The lowest BCUT2D eigenvalue weighted by atomic mass is 10.2. The van der Waals surface area contributed by atoms with Gasteiger partial charge in [-0.25, -0.2) is 8.42 Å². The van der Waals surface area contributed by atoms with Crippen LogP contribution in [-0.4, -0.2) is 43.4 Å². The van der Waals surface area contributed by atoms with E-state index in [9.17, 15) is 13.2 Å². The highest BCUT2D eigenvalue weighted by Gasteiger charge is 2.23. The number of sulfonamides is 1. The van der Waals surface area contributed by atoms with Crippen LogP contribution in [0.1, 0.15) is 37.0 Å². The molecule has 0 unspecified atom stereocenters. The third-order valence-electron chi connectivity index (χ3n) is 4.90. The van der Waals surface area contributed by atoms with Crippen molar-refractivity contribution in [1.82, 2.24) is 8.87 Å². The molecule has 3 aromatic rings. The van der Waals surface area contributed by atoms with E-state index in [-0.39, 0.29) is 4.90 Å². The van der Waals surface area contributed by atoms with Gasteiger partial charge in [0.05, 0.1) is 22.2 Å². The molecule has 9 heteroatoms. The second-order valence-electron chi connectivity index (χ2n) is 7.12. The number of fused-ring (bicyclic) bond motifs is 1. The Morgan fingerprint density at radius 3 is 2.32 bits per heavy atom. The summed E-state index contributed by atoms with van der Waals surface area (Å²) in [6.07, 6.45) is 1.49. The fourth-order valence-corrected chi connectivity index (χ4v) is 5.94. The van der Waals surface area contributed by atoms with Crippen molar-refractivity contribution in [3.63, 3.8) is 0 Å². The number of carbonyl (C=O) groups is 1. The van der Waals surface area contributed by atoms with Crippen LogP contribution in [0, 0.1) is 0 Å². The van der Waals surface area contributed by atoms with E-state index in [1.165, 1.54) is 39.9 Å². The number of aryl methyl sites for hydroxylation is 1. The van der Waals surface area contributed by atoms with Crippen molar-refractivity contribution in [3.8, 4) is 5.75 Å². The van der Waals surface area contributed by atoms with E-state index in [0.717, 1.165) is 28.8 Å². The molecule has 0 saturated carbocycles. The van der Waals surface area contributed by atoms with Gasteiger partial charge in [0.1, 0.15) is 5.75 Å². The van der Waals surface area contributed by atoms with Crippen LogP contribution in [0.25, 0.3) is 10.2 Å². The Balaban J connectivity index is 1.90. The number of nitrogens with zero attached hydrogens (tertiary/aromatic N) is 3. The molecule has 0 bridgehead atoms. The van der Waals surface area contributed by atoms with Crippen LogP contribution in [0.3, 0.4) is 0 Å². The molecule has 2 aromatic carbocycles. The lowest BCUT2D eigenvalue weighted by Gasteiger charge is -2.21. The summed E-state index contributed by atoms with van der Waals surface area (Å²) in [5, 5.41) is 0. The number of hydrogen-bond acceptors (Lipinski definition) is 5. The monoisotopic (exact) mass is 461 g/mol. The van der Waals surface area contributed by atoms with Gasteiger partial charge in [0.2, 0.25) is 10.0 Å². The zero-order chi connectivity index (χ0) is 22.6. The number of amides is 1. The minimum Gasteiger partial charge on any atom is -0.497 e. The van der Waals surface area contributed by atoms with Gasteiger partial charge >= 0.3 is 0 Å². The predicted molar refractivity (Wildman–Crippen MR) is 123 cm³/mol. The molecule has 0 fully saturated rings. The van der Waals surface area contributed by atoms with Gasteiger partial charge in [-0.2, -0.15) is 9.30 Å². The maximum Gasteiger partial charge on any atom is 0.279 e. The van der Waals surface area contributed by atoms with Crippen molar-refractivity contribution in [2.45, 2.75) is 31.6 Å². The molecule has 0 saturated heterocycles. The first kappa shape index (κ1) is 23.2. The number of methoxy groups -OCH3 is 1. The molecule has 1 aromatic heterocycles. The van der Waals surface area contributed by atoms with Gasteiger partial charge in [-0.3, -0.25) is 4.79 Å². The Hall–Kier alpha value is -2.49. The second-order valence-corrected chi connectivity index (χ2v) is 10.1. The molecule has 7 nitrogen and oxygen atoms in total. The number of aromatic nitrogens is 1. The summed E-state index contributed by atoms with van der Waals surface area (Å²) in [4.78, 5) is 17.7. The molecule has 3 rings (SSSR count). The summed E-state index contributed by atoms with van der Waals surface area (Å²) >= 11 is 1.39. The average Bonchev–Trinajstić information content (AvgIpc) is 3.08. The quantitative estimate of drug-likeness (QED) is 0.511. The van der Waals surface area contributed by atoms with Crippen LogP contribution in [0.2, 0.25) is 0 Å². The van der Waals surface area contributed by atoms with Crippen molar-refractivity contribution < 1.29 is 17.9 Å². The predicted octanol–water partition coefficient (Wildman–Crippen LogP) is 3.80. The van der Waals surface area contributed by atoms with E-state index in [1.54, 1.807) is 7.11 Å². The number of hydrogen-bond donors (Lipinski definition) is 0. The molecule has 0 aliphatic rings. The Kier molecular flexibility index (Phi) is 7.30. The summed E-state index contributed by atoms with van der Waals surface area (Å²) in [6.45, 7) is 4.84. The average molecular weight is 462 g/mol. The molecule has 0 spiro atoms. The zero-order valence-electron chi connectivity index (χ0n) is 18.2. The molecule has 31 heavy (non-hydrogen) atoms. The lowest BCUT2D eigenvalue weighted by molar-refractivity contribution is 0.0998. The molecule has 1 amide bonds. The Labute approximate surface area is 186 Å². The van der Waals surface area contributed by atoms with E-state index in [1.807, 2.05) is 43.7 Å². The second kappa shape index (κ2) is 9.76. The highest BCUT2D eigenvalue weighted by atomic mass is 32.2. The standard InChI is InChI=1S/C22H27N3O4S2/c1-5-13-25(14-6-2)31(27,28)18-10-7-16(8-11-18)21(26)23-22-24(3)19-12-9-17(29-4)15-20(19)30-22/h7-12,15H,5-6,13-14H2,1-4H3. The third kappa shape index (κ3) is 4.89. The normalized spacial score (nSPS) is 12.6. The fourth-order valence-electron chi connectivity index (χ4n) is 3.27. The molecular weight excluding hydrogens is 434 g/mol. The Bertz CT molecular complexity index is 1240. The Morgan fingerprint density at radius 2 is 1.74 bits per heavy atom. The summed E-state index contributed by atoms with van der Waals surface area (Å²) in [7, 11) is -0.121. The van der Waals surface area contributed by atoms with Crippen LogP contribution >= 0.6 is 11.3 Å². The molecule has 166 valence electrons. The minimum absolute atomic E-state index is 0.186. The molecule has 0 atom stereocenters. The molecule has 1 heterocycles. The van der Waals surface area contributed by atoms with Crippen LogP contribution in [0.4, 0.5) is 0 Å². The minimum atomic E-state index is -3.58. The highest BCUT2D eigenvalue weighted by molar-refractivity contribution is 7.89. The van der Waals surface area contributed by atoms with Gasteiger partial charge in [-0.15, -0.1) is 0 Å².